The predicted octanol–water partition coefficient (Wildman–Crippen LogP) is 3.71. The summed E-state index contributed by atoms with van der Waals surface area (Å²) in [5, 5.41) is 10.7. The molecule has 7 heteroatoms. The second-order valence-electron chi connectivity index (χ2n) is 3.77. The SMILES string of the molecule is Nc1scc(-c2ccc(C(F)(F)F)cc2)c1C(=O)O. The van der Waals surface area contributed by atoms with E-state index in [9.17, 15) is 18.0 Å². The van der Waals surface area contributed by atoms with Crippen LogP contribution in [0, 0.1) is 0 Å². The second kappa shape index (κ2) is 4.58. The van der Waals surface area contributed by atoms with Crippen molar-refractivity contribution >= 4 is 22.3 Å². The fourth-order valence-electron chi connectivity index (χ4n) is 1.64. The fraction of sp³-hybridized carbons (Fsp3) is 0.0833. The van der Waals surface area contributed by atoms with Crippen molar-refractivity contribution in [2.45, 2.75) is 6.18 Å². The molecule has 1 aromatic heterocycles. The van der Waals surface area contributed by atoms with Gasteiger partial charge < -0.3 is 10.8 Å². The number of halogens is 3. The molecule has 0 aliphatic carbocycles. The Balaban J connectivity index is 2.46. The topological polar surface area (TPSA) is 63.3 Å². The van der Waals surface area contributed by atoms with Gasteiger partial charge in [0.1, 0.15) is 10.6 Å². The van der Waals surface area contributed by atoms with Crippen molar-refractivity contribution in [2.24, 2.45) is 0 Å². The highest BCUT2D eigenvalue weighted by Gasteiger charge is 2.30. The summed E-state index contributed by atoms with van der Waals surface area (Å²) in [6.07, 6.45) is -4.41. The summed E-state index contributed by atoms with van der Waals surface area (Å²) in [7, 11) is 0. The largest absolute Gasteiger partial charge is 0.478 e. The van der Waals surface area contributed by atoms with Gasteiger partial charge in [0.05, 0.1) is 5.56 Å². The molecule has 0 aliphatic rings. The van der Waals surface area contributed by atoms with Gasteiger partial charge in [0.25, 0.3) is 0 Å². The van der Waals surface area contributed by atoms with Gasteiger partial charge in [-0.15, -0.1) is 11.3 Å². The van der Waals surface area contributed by atoms with E-state index >= 15 is 0 Å². The molecule has 0 aliphatic heterocycles. The van der Waals surface area contributed by atoms with Crippen molar-refractivity contribution in [2.75, 3.05) is 5.73 Å². The Bertz CT molecular complexity index is 617. The first kappa shape index (κ1) is 13.4. The maximum atomic E-state index is 12.4. The minimum atomic E-state index is -4.41. The summed E-state index contributed by atoms with van der Waals surface area (Å²) in [5.74, 6) is -1.20. The summed E-state index contributed by atoms with van der Waals surface area (Å²) in [5.41, 5.74) is 5.39. The van der Waals surface area contributed by atoms with Gasteiger partial charge >= 0.3 is 12.1 Å². The normalized spacial score (nSPS) is 11.5. The number of carboxylic acid groups (broad SMARTS) is 1. The van der Waals surface area contributed by atoms with Gasteiger partial charge in [-0.1, -0.05) is 12.1 Å². The Morgan fingerprint density at radius 3 is 2.26 bits per heavy atom. The zero-order chi connectivity index (χ0) is 14.2. The summed E-state index contributed by atoms with van der Waals surface area (Å²) < 4.78 is 37.3. The minimum absolute atomic E-state index is 0.0789. The molecule has 0 saturated carbocycles. The zero-order valence-electron chi connectivity index (χ0n) is 9.36. The van der Waals surface area contributed by atoms with Crippen LogP contribution in [-0.4, -0.2) is 11.1 Å². The van der Waals surface area contributed by atoms with E-state index in [-0.39, 0.29) is 10.6 Å². The van der Waals surface area contributed by atoms with Crippen LogP contribution in [0.25, 0.3) is 11.1 Å². The smallest absolute Gasteiger partial charge is 0.416 e. The Kier molecular flexibility index (Phi) is 3.23. The number of thiophene rings is 1. The Labute approximate surface area is 110 Å². The number of hydrogen-bond donors (Lipinski definition) is 2. The van der Waals surface area contributed by atoms with Gasteiger partial charge in [0.2, 0.25) is 0 Å². The van der Waals surface area contributed by atoms with E-state index in [1.165, 1.54) is 17.5 Å². The van der Waals surface area contributed by atoms with Crippen molar-refractivity contribution in [3.05, 3.63) is 40.8 Å². The number of alkyl halides is 3. The highest BCUT2D eigenvalue weighted by molar-refractivity contribution is 7.14. The molecular weight excluding hydrogens is 279 g/mol. The lowest BCUT2D eigenvalue weighted by molar-refractivity contribution is -0.137. The zero-order valence-corrected chi connectivity index (χ0v) is 10.2. The Morgan fingerprint density at radius 1 is 1.21 bits per heavy atom. The summed E-state index contributed by atoms with van der Waals surface area (Å²) in [6.45, 7) is 0. The summed E-state index contributed by atoms with van der Waals surface area (Å²) >= 11 is 1.04. The third kappa shape index (κ3) is 2.55. The lowest BCUT2D eigenvalue weighted by Gasteiger charge is -2.07. The Hall–Kier alpha value is -2.02. The molecule has 100 valence electrons. The van der Waals surface area contributed by atoms with Crippen LogP contribution in [0.15, 0.2) is 29.6 Å². The van der Waals surface area contributed by atoms with Crippen molar-refractivity contribution in [3.63, 3.8) is 0 Å². The molecule has 1 heterocycles. The molecule has 0 unspecified atom stereocenters. The third-order valence-corrected chi connectivity index (χ3v) is 3.37. The number of rotatable bonds is 2. The maximum Gasteiger partial charge on any atom is 0.416 e. The van der Waals surface area contributed by atoms with Crippen LogP contribution in [0.4, 0.5) is 18.2 Å². The molecule has 0 amide bonds. The van der Waals surface area contributed by atoms with Crippen molar-refractivity contribution in [1.29, 1.82) is 0 Å². The van der Waals surface area contributed by atoms with E-state index in [2.05, 4.69) is 0 Å². The molecule has 0 bridgehead atoms. The highest BCUT2D eigenvalue weighted by atomic mass is 32.1. The molecule has 19 heavy (non-hydrogen) atoms. The first-order valence-corrected chi connectivity index (χ1v) is 5.96. The van der Waals surface area contributed by atoms with Crippen molar-refractivity contribution in [1.82, 2.24) is 0 Å². The quantitative estimate of drug-likeness (QED) is 0.885. The van der Waals surface area contributed by atoms with E-state index in [4.69, 9.17) is 10.8 Å². The van der Waals surface area contributed by atoms with Gasteiger partial charge in [0, 0.05) is 10.9 Å². The number of benzene rings is 1. The molecule has 0 saturated heterocycles. The van der Waals surface area contributed by atoms with Crippen molar-refractivity contribution < 1.29 is 23.1 Å². The molecular formula is C12H8F3NO2S. The van der Waals surface area contributed by atoms with Gasteiger partial charge in [-0.2, -0.15) is 13.2 Å². The van der Waals surface area contributed by atoms with Gasteiger partial charge in [-0.25, -0.2) is 4.79 Å². The Morgan fingerprint density at radius 2 is 1.79 bits per heavy atom. The van der Waals surface area contributed by atoms with Crippen molar-refractivity contribution in [3.8, 4) is 11.1 Å². The molecule has 1 aromatic carbocycles. The molecule has 3 nitrogen and oxygen atoms in total. The van der Waals surface area contributed by atoms with E-state index in [1.54, 1.807) is 0 Å². The lowest BCUT2D eigenvalue weighted by atomic mass is 10.0. The van der Waals surface area contributed by atoms with Crippen LogP contribution in [-0.2, 0) is 6.18 Å². The summed E-state index contributed by atoms with van der Waals surface area (Å²) in [6, 6.07) is 4.29. The molecule has 0 spiro atoms. The van der Waals surface area contributed by atoms with Crippen LogP contribution < -0.4 is 5.73 Å². The summed E-state index contributed by atoms with van der Waals surface area (Å²) in [4.78, 5) is 11.0. The minimum Gasteiger partial charge on any atom is -0.478 e. The third-order valence-electron chi connectivity index (χ3n) is 2.56. The number of nitrogens with two attached hydrogens (primary N) is 1. The molecule has 0 atom stereocenters. The van der Waals surface area contributed by atoms with Crippen LogP contribution in [0.5, 0.6) is 0 Å². The van der Waals surface area contributed by atoms with Crippen LogP contribution in [0.3, 0.4) is 0 Å². The van der Waals surface area contributed by atoms with E-state index in [0.29, 0.717) is 11.1 Å². The maximum absolute atomic E-state index is 12.4. The second-order valence-corrected chi connectivity index (χ2v) is 4.68. The van der Waals surface area contributed by atoms with Crippen LogP contribution >= 0.6 is 11.3 Å². The predicted molar refractivity (Wildman–Crippen MR) is 66.1 cm³/mol. The number of carbonyl (C=O) groups is 1. The van der Waals surface area contributed by atoms with Gasteiger partial charge in [-0.3, -0.25) is 0 Å². The number of carboxylic acids is 1. The standard InChI is InChI=1S/C12H8F3NO2S/c13-12(14,15)7-3-1-6(2-4-7)8-5-19-10(16)9(8)11(17)18/h1-5H,16H2,(H,17,18). The lowest BCUT2D eigenvalue weighted by Crippen LogP contribution is -2.04. The number of aromatic carboxylic acids is 1. The van der Waals surface area contributed by atoms with E-state index < -0.39 is 17.7 Å². The highest BCUT2D eigenvalue weighted by Crippen LogP contribution is 2.35. The average molecular weight is 287 g/mol. The van der Waals surface area contributed by atoms with Crippen LogP contribution in [0.2, 0.25) is 0 Å². The molecule has 0 fully saturated rings. The fourth-order valence-corrected chi connectivity index (χ4v) is 2.46. The average Bonchev–Trinajstić information content (AvgIpc) is 2.70. The molecule has 2 aromatic rings. The number of hydrogen-bond acceptors (Lipinski definition) is 3. The van der Waals surface area contributed by atoms with Crippen LogP contribution in [0.1, 0.15) is 15.9 Å². The first-order valence-electron chi connectivity index (χ1n) is 5.08. The monoisotopic (exact) mass is 287 g/mol. The first-order chi connectivity index (χ1) is 8.80. The molecule has 0 radical (unpaired) electrons. The van der Waals surface area contributed by atoms with Gasteiger partial charge in [-0.05, 0) is 17.7 Å². The molecule has 2 rings (SSSR count). The number of nitrogen functional groups attached to an aromatic ring is 1. The number of anilines is 1. The molecule has 3 N–H and O–H groups in total. The van der Waals surface area contributed by atoms with E-state index in [0.717, 1.165) is 23.5 Å². The van der Waals surface area contributed by atoms with E-state index in [1.807, 2.05) is 0 Å². The van der Waals surface area contributed by atoms with Gasteiger partial charge in [0.15, 0.2) is 0 Å².